The van der Waals surface area contributed by atoms with Gasteiger partial charge in [-0.1, -0.05) is 29.8 Å². The monoisotopic (exact) mass is 457 g/mol. The minimum absolute atomic E-state index is 0.196. The molecule has 0 aliphatic carbocycles. The van der Waals surface area contributed by atoms with Crippen LogP contribution in [0, 0.1) is 0 Å². The Balaban J connectivity index is 0.00000136. The largest absolute Gasteiger partial charge is 0.499 e. The fraction of sp³-hybridized carbons (Fsp3) is 0.632. The zero-order chi connectivity index (χ0) is 21.1. The third-order valence-corrected chi connectivity index (χ3v) is 4.82. The van der Waals surface area contributed by atoms with Gasteiger partial charge >= 0.3 is 13.2 Å². The van der Waals surface area contributed by atoms with Gasteiger partial charge in [0.15, 0.2) is 0 Å². The van der Waals surface area contributed by atoms with Crippen molar-refractivity contribution in [3.63, 3.8) is 0 Å². The van der Waals surface area contributed by atoms with Crippen LogP contribution in [0.25, 0.3) is 0 Å². The number of nitrogens with one attached hydrogen (secondary N) is 1. The minimum atomic E-state index is -0.874. The molecule has 2 N–H and O–H groups in total. The van der Waals surface area contributed by atoms with E-state index in [1.54, 1.807) is 27.7 Å². The number of aliphatic hydroxyl groups is 1. The van der Waals surface area contributed by atoms with Crippen molar-refractivity contribution < 1.29 is 28.7 Å². The highest BCUT2D eigenvalue weighted by Crippen LogP contribution is 2.37. The lowest BCUT2D eigenvalue weighted by Gasteiger charge is -2.27. The lowest BCUT2D eigenvalue weighted by atomic mass is 9.77. The molecule has 2 aliphatic rings. The predicted molar refractivity (Wildman–Crippen MR) is 111 cm³/mol. The van der Waals surface area contributed by atoms with Crippen molar-refractivity contribution in [1.29, 1.82) is 0 Å². The van der Waals surface area contributed by atoms with Crippen LogP contribution in [-0.4, -0.2) is 49.3 Å². The summed E-state index contributed by atoms with van der Waals surface area (Å²) in [4.78, 5) is 12.0. The van der Waals surface area contributed by atoms with Crippen molar-refractivity contribution in [2.75, 3.05) is 19.8 Å². The summed E-state index contributed by atoms with van der Waals surface area (Å²) in [5, 5.41) is 12.4. The number of halogens is 1. The SMILES string of the molecule is CC.CC(C)(C)OC(=O)NCC1OB2OC(C)(CO)COc3ccc(Br)c1c32. The third-order valence-electron chi connectivity index (χ3n) is 4.13. The molecule has 0 radical (unpaired) electrons. The van der Waals surface area contributed by atoms with Gasteiger partial charge in [0.1, 0.15) is 23.6 Å². The Labute approximate surface area is 175 Å². The molecular formula is C19H29BBrNO6. The molecule has 156 valence electrons. The Morgan fingerprint density at radius 2 is 2.11 bits per heavy atom. The van der Waals surface area contributed by atoms with Crippen LogP contribution in [-0.2, 0) is 14.0 Å². The van der Waals surface area contributed by atoms with Gasteiger partial charge in [-0.3, -0.25) is 0 Å². The van der Waals surface area contributed by atoms with Crippen molar-refractivity contribution in [3.8, 4) is 5.75 Å². The van der Waals surface area contributed by atoms with Crippen molar-refractivity contribution in [3.05, 3.63) is 22.2 Å². The quantitative estimate of drug-likeness (QED) is 0.678. The fourth-order valence-corrected chi connectivity index (χ4v) is 3.51. The van der Waals surface area contributed by atoms with Gasteiger partial charge in [0.25, 0.3) is 0 Å². The van der Waals surface area contributed by atoms with Gasteiger partial charge in [-0.05, 0) is 45.4 Å². The van der Waals surface area contributed by atoms with Crippen molar-refractivity contribution in [1.82, 2.24) is 5.32 Å². The number of carbonyl (C=O) groups is 1. The summed E-state index contributed by atoms with van der Waals surface area (Å²) in [7, 11) is -0.678. The molecule has 28 heavy (non-hydrogen) atoms. The van der Waals surface area contributed by atoms with Gasteiger partial charge in [0.05, 0.1) is 12.7 Å². The van der Waals surface area contributed by atoms with E-state index >= 15 is 0 Å². The molecule has 0 spiro atoms. The molecular weight excluding hydrogens is 429 g/mol. The number of amides is 1. The van der Waals surface area contributed by atoms with Crippen LogP contribution in [0.4, 0.5) is 4.79 Å². The molecule has 0 bridgehead atoms. The standard InChI is InChI=1S/C17H23BBrNO6.C2H6/c1-16(2,3)24-15(22)20-7-12-13-10(19)5-6-11-14(13)18(25-12)26-17(4,8-21)9-23-11;1-2/h5-6,12,21H,7-9H2,1-4H3,(H,20,22);1-2H3. The third kappa shape index (κ3) is 5.20. The molecule has 2 aliphatic heterocycles. The second-order valence-corrected chi connectivity index (χ2v) is 8.58. The average Bonchev–Trinajstić information content (AvgIpc) is 2.91. The van der Waals surface area contributed by atoms with Crippen LogP contribution in [0.1, 0.15) is 53.2 Å². The highest BCUT2D eigenvalue weighted by molar-refractivity contribution is 9.10. The Morgan fingerprint density at radius 1 is 1.43 bits per heavy atom. The maximum absolute atomic E-state index is 12.0. The Kier molecular flexibility index (Phi) is 7.41. The molecule has 2 atom stereocenters. The van der Waals surface area contributed by atoms with Crippen molar-refractivity contribution in [2.24, 2.45) is 0 Å². The predicted octanol–water partition coefficient (Wildman–Crippen LogP) is 2.93. The molecule has 9 heteroatoms. The van der Waals surface area contributed by atoms with Crippen molar-refractivity contribution in [2.45, 2.75) is 58.8 Å². The number of hydrogen-bond donors (Lipinski definition) is 2. The summed E-state index contributed by atoms with van der Waals surface area (Å²) >= 11 is 3.55. The van der Waals surface area contributed by atoms with Crippen LogP contribution < -0.4 is 15.5 Å². The second-order valence-electron chi connectivity index (χ2n) is 7.73. The van der Waals surface area contributed by atoms with E-state index in [9.17, 15) is 9.90 Å². The summed E-state index contributed by atoms with van der Waals surface area (Å²) in [6.45, 7) is 11.4. The molecule has 2 unspecified atom stereocenters. The fourth-order valence-electron chi connectivity index (χ4n) is 2.90. The first-order valence-electron chi connectivity index (χ1n) is 9.48. The molecule has 0 fully saturated rings. The van der Waals surface area contributed by atoms with Gasteiger partial charge in [-0.25, -0.2) is 4.79 Å². The zero-order valence-electron chi connectivity index (χ0n) is 17.3. The number of benzene rings is 1. The Hall–Kier alpha value is -1.29. The minimum Gasteiger partial charge on any atom is -0.491 e. The highest BCUT2D eigenvalue weighted by atomic mass is 79.9. The molecule has 1 aromatic carbocycles. The smallest absolute Gasteiger partial charge is 0.491 e. The summed E-state index contributed by atoms with van der Waals surface area (Å²) in [5.74, 6) is 0.658. The molecule has 0 aromatic heterocycles. The van der Waals surface area contributed by atoms with E-state index in [4.69, 9.17) is 18.8 Å². The number of carbonyl (C=O) groups excluding carboxylic acids is 1. The van der Waals surface area contributed by atoms with E-state index < -0.39 is 30.5 Å². The van der Waals surface area contributed by atoms with Crippen LogP contribution in [0.15, 0.2) is 16.6 Å². The lowest BCUT2D eigenvalue weighted by molar-refractivity contribution is -0.0271. The number of ether oxygens (including phenoxy) is 2. The molecule has 2 heterocycles. The van der Waals surface area contributed by atoms with E-state index in [2.05, 4.69) is 21.2 Å². The summed E-state index contributed by atoms with van der Waals surface area (Å²) in [5.41, 5.74) is 0.203. The zero-order valence-corrected chi connectivity index (χ0v) is 18.9. The van der Waals surface area contributed by atoms with Crippen LogP contribution >= 0.6 is 15.9 Å². The second kappa shape index (κ2) is 9.03. The Bertz CT molecular complexity index is 710. The summed E-state index contributed by atoms with van der Waals surface area (Å²) in [6, 6.07) is 3.72. The van der Waals surface area contributed by atoms with E-state index in [0.29, 0.717) is 5.75 Å². The number of hydrogen-bond acceptors (Lipinski definition) is 6. The highest BCUT2D eigenvalue weighted by Gasteiger charge is 2.47. The normalized spacial score (nSPS) is 23.0. The first-order chi connectivity index (χ1) is 13.1. The Morgan fingerprint density at radius 3 is 2.71 bits per heavy atom. The first kappa shape index (κ1) is 23.0. The van der Waals surface area contributed by atoms with Crippen LogP contribution in [0.5, 0.6) is 5.75 Å². The number of aliphatic hydroxyl groups excluding tert-OH is 1. The maximum Gasteiger partial charge on any atom is 0.499 e. The molecule has 3 rings (SSSR count). The summed E-state index contributed by atoms with van der Waals surface area (Å²) < 4.78 is 24.0. The molecule has 0 saturated heterocycles. The topological polar surface area (TPSA) is 86.3 Å². The average molecular weight is 458 g/mol. The van der Waals surface area contributed by atoms with Gasteiger partial charge in [0.2, 0.25) is 0 Å². The molecule has 1 aromatic rings. The van der Waals surface area contributed by atoms with Gasteiger partial charge in [-0.15, -0.1) is 0 Å². The lowest BCUT2D eigenvalue weighted by Crippen LogP contribution is -2.45. The molecule has 7 nitrogen and oxygen atoms in total. The van der Waals surface area contributed by atoms with Crippen LogP contribution in [0.3, 0.4) is 0 Å². The van der Waals surface area contributed by atoms with Crippen LogP contribution in [0.2, 0.25) is 0 Å². The van der Waals surface area contributed by atoms with E-state index in [0.717, 1.165) is 15.5 Å². The van der Waals surface area contributed by atoms with E-state index in [1.165, 1.54) is 0 Å². The van der Waals surface area contributed by atoms with E-state index in [-0.39, 0.29) is 19.8 Å². The molecule has 0 saturated carbocycles. The van der Waals surface area contributed by atoms with Gasteiger partial charge < -0.3 is 29.2 Å². The van der Waals surface area contributed by atoms with Gasteiger partial charge in [-0.2, -0.15) is 0 Å². The summed E-state index contributed by atoms with van der Waals surface area (Å²) in [6.07, 6.45) is -0.940. The number of rotatable bonds is 3. The molecule has 1 amide bonds. The maximum atomic E-state index is 12.0. The van der Waals surface area contributed by atoms with E-state index in [1.807, 2.05) is 26.0 Å². The van der Waals surface area contributed by atoms with Crippen molar-refractivity contribution >= 4 is 34.6 Å². The number of alkyl carbamates (subject to hydrolysis) is 1. The van der Waals surface area contributed by atoms with Gasteiger partial charge in [0, 0.05) is 16.5 Å². The first-order valence-corrected chi connectivity index (χ1v) is 10.3.